The van der Waals surface area contributed by atoms with Crippen LogP contribution in [0.3, 0.4) is 0 Å². The minimum Gasteiger partial charge on any atom is -0.465 e. The van der Waals surface area contributed by atoms with E-state index in [1.807, 2.05) is 30.3 Å². The van der Waals surface area contributed by atoms with Gasteiger partial charge < -0.3 is 9.47 Å². The van der Waals surface area contributed by atoms with Gasteiger partial charge in [-0.15, -0.1) is 0 Å². The smallest absolute Gasteiger partial charge is 0.311 e. The third kappa shape index (κ3) is 5.87. The molecule has 2 aromatic carbocycles. The fourth-order valence-electron chi connectivity index (χ4n) is 1.94. The van der Waals surface area contributed by atoms with E-state index in [0.717, 1.165) is 5.56 Å². The Hall–Kier alpha value is -2.04. The lowest BCUT2D eigenvalue weighted by molar-refractivity contribution is -0.146. The first-order chi connectivity index (χ1) is 11.6. The molecule has 24 heavy (non-hydrogen) atoms. The second-order valence-electron chi connectivity index (χ2n) is 4.98. The van der Waals surface area contributed by atoms with Gasteiger partial charge in [0.2, 0.25) is 0 Å². The van der Waals surface area contributed by atoms with Crippen molar-refractivity contribution in [3.63, 3.8) is 0 Å². The first-order valence-electron chi connectivity index (χ1n) is 7.40. The summed E-state index contributed by atoms with van der Waals surface area (Å²) in [5, 5.41) is 0.459. The van der Waals surface area contributed by atoms with Gasteiger partial charge in [-0.05, 0) is 17.7 Å². The number of carbonyl (C=O) groups is 2. The first kappa shape index (κ1) is 18.3. The van der Waals surface area contributed by atoms with Crippen molar-refractivity contribution in [3.05, 3.63) is 64.1 Å². The summed E-state index contributed by atoms with van der Waals surface area (Å²) in [4.78, 5) is 23.4. The van der Waals surface area contributed by atoms with Crippen LogP contribution in [0.15, 0.2) is 48.5 Å². The molecule has 0 fully saturated rings. The van der Waals surface area contributed by atoms with E-state index < -0.39 is 11.9 Å². The molecule has 0 amide bonds. The summed E-state index contributed by atoms with van der Waals surface area (Å²) < 4.78 is 10.2. The Labute approximate surface area is 150 Å². The summed E-state index contributed by atoms with van der Waals surface area (Å²) in [6.45, 7) is 0.276. The molecule has 0 bridgehead atoms. The van der Waals surface area contributed by atoms with Gasteiger partial charge in [0.15, 0.2) is 5.75 Å². The van der Waals surface area contributed by atoms with E-state index in [1.165, 1.54) is 6.07 Å². The fraction of sp³-hybridized carbons (Fsp3) is 0.222. The molecule has 0 spiro atoms. The lowest BCUT2D eigenvalue weighted by Crippen LogP contribution is -2.13. The van der Waals surface area contributed by atoms with Gasteiger partial charge in [-0.25, -0.2) is 0 Å². The third-order valence-electron chi connectivity index (χ3n) is 3.17. The van der Waals surface area contributed by atoms with Gasteiger partial charge in [-0.3, -0.25) is 9.59 Å². The van der Waals surface area contributed by atoms with Crippen molar-refractivity contribution in [2.45, 2.75) is 19.3 Å². The van der Waals surface area contributed by atoms with Gasteiger partial charge in [-0.2, -0.15) is 0 Å². The molecule has 0 saturated heterocycles. The Bertz CT molecular complexity index is 701. The SMILES string of the molecule is O=C(CCC(=O)Oc1cccc(Cl)c1Cl)OCCc1ccccc1. The maximum atomic E-state index is 11.7. The summed E-state index contributed by atoms with van der Waals surface area (Å²) in [5.74, 6) is -0.842. The van der Waals surface area contributed by atoms with E-state index in [4.69, 9.17) is 32.7 Å². The number of halogens is 2. The quantitative estimate of drug-likeness (QED) is 0.535. The molecular weight excluding hydrogens is 351 g/mol. The van der Waals surface area contributed by atoms with E-state index in [1.54, 1.807) is 12.1 Å². The zero-order valence-corrected chi connectivity index (χ0v) is 14.3. The minimum absolute atomic E-state index is 0.0498. The predicted molar refractivity (Wildman–Crippen MR) is 92.4 cm³/mol. The monoisotopic (exact) mass is 366 g/mol. The highest BCUT2D eigenvalue weighted by Crippen LogP contribution is 2.31. The van der Waals surface area contributed by atoms with Gasteiger partial charge in [0, 0.05) is 6.42 Å². The highest BCUT2D eigenvalue weighted by atomic mass is 35.5. The highest BCUT2D eigenvalue weighted by Gasteiger charge is 2.13. The summed E-state index contributed by atoms with van der Waals surface area (Å²) in [6.07, 6.45) is 0.494. The number of rotatable bonds is 7. The normalized spacial score (nSPS) is 10.2. The molecule has 0 unspecified atom stereocenters. The van der Waals surface area contributed by atoms with Crippen LogP contribution in [0, 0.1) is 0 Å². The molecule has 2 rings (SSSR count). The van der Waals surface area contributed by atoms with Crippen LogP contribution >= 0.6 is 23.2 Å². The summed E-state index contributed by atoms with van der Waals surface area (Å²) in [6, 6.07) is 14.4. The molecule has 0 heterocycles. The van der Waals surface area contributed by atoms with E-state index in [2.05, 4.69) is 0 Å². The van der Waals surface area contributed by atoms with Crippen molar-refractivity contribution in [3.8, 4) is 5.75 Å². The number of esters is 2. The van der Waals surface area contributed by atoms with Crippen LogP contribution in [-0.2, 0) is 20.7 Å². The molecule has 0 saturated carbocycles. The van der Waals surface area contributed by atoms with Crippen LogP contribution < -0.4 is 4.74 Å². The van der Waals surface area contributed by atoms with E-state index in [0.29, 0.717) is 11.4 Å². The van der Waals surface area contributed by atoms with Crippen LogP contribution in [0.4, 0.5) is 0 Å². The zero-order chi connectivity index (χ0) is 17.4. The number of carbonyl (C=O) groups excluding carboxylic acids is 2. The van der Waals surface area contributed by atoms with Crippen LogP contribution in [0.5, 0.6) is 5.75 Å². The molecule has 0 N–H and O–H groups in total. The maximum absolute atomic E-state index is 11.7. The molecule has 0 aliphatic carbocycles. The van der Waals surface area contributed by atoms with Crippen LogP contribution in [-0.4, -0.2) is 18.5 Å². The van der Waals surface area contributed by atoms with Crippen molar-refractivity contribution < 1.29 is 19.1 Å². The van der Waals surface area contributed by atoms with Crippen molar-refractivity contribution >= 4 is 35.1 Å². The van der Waals surface area contributed by atoms with Crippen LogP contribution in [0.25, 0.3) is 0 Å². The Morgan fingerprint density at radius 1 is 0.875 bits per heavy atom. The molecule has 2 aromatic rings. The minimum atomic E-state index is -0.570. The predicted octanol–water partition coefficient (Wildman–Crippen LogP) is 4.46. The average Bonchev–Trinajstić information content (AvgIpc) is 2.58. The van der Waals surface area contributed by atoms with Crippen LogP contribution in [0.1, 0.15) is 18.4 Å². The van der Waals surface area contributed by atoms with Gasteiger partial charge in [0.25, 0.3) is 0 Å². The number of hydrogen-bond acceptors (Lipinski definition) is 4. The summed E-state index contributed by atoms with van der Waals surface area (Å²) >= 11 is 11.8. The topological polar surface area (TPSA) is 52.6 Å². The largest absolute Gasteiger partial charge is 0.465 e. The lowest BCUT2D eigenvalue weighted by Gasteiger charge is -2.07. The number of benzene rings is 2. The molecule has 6 heteroatoms. The second kappa shape index (κ2) is 9.30. The fourth-order valence-corrected chi connectivity index (χ4v) is 2.27. The molecule has 4 nitrogen and oxygen atoms in total. The number of hydrogen-bond donors (Lipinski definition) is 0. The Kier molecular flexibility index (Phi) is 7.09. The summed E-state index contributed by atoms with van der Waals surface area (Å²) in [7, 11) is 0. The summed E-state index contributed by atoms with van der Waals surface area (Å²) in [5.41, 5.74) is 1.08. The molecule has 0 atom stereocenters. The zero-order valence-electron chi connectivity index (χ0n) is 12.8. The van der Waals surface area contributed by atoms with Gasteiger partial charge in [-0.1, -0.05) is 59.6 Å². The highest BCUT2D eigenvalue weighted by molar-refractivity contribution is 6.43. The van der Waals surface area contributed by atoms with Crippen molar-refractivity contribution in [1.29, 1.82) is 0 Å². The van der Waals surface area contributed by atoms with E-state index >= 15 is 0 Å². The first-order valence-corrected chi connectivity index (χ1v) is 8.16. The molecule has 126 valence electrons. The van der Waals surface area contributed by atoms with Crippen molar-refractivity contribution in [1.82, 2.24) is 0 Å². The van der Waals surface area contributed by atoms with Gasteiger partial charge in [0.1, 0.15) is 5.02 Å². The maximum Gasteiger partial charge on any atom is 0.311 e. The molecule has 0 aromatic heterocycles. The van der Waals surface area contributed by atoms with Crippen molar-refractivity contribution in [2.24, 2.45) is 0 Å². The van der Waals surface area contributed by atoms with E-state index in [-0.39, 0.29) is 30.2 Å². The standard InChI is InChI=1S/C18H16Cl2O4/c19-14-7-4-8-15(18(14)20)24-17(22)10-9-16(21)23-12-11-13-5-2-1-3-6-13/h1-8H,9-12H2. The van der Waals surface area contributed by atoms with Gasteiger partial charge >= 0.3 is 11.9 Å². The molecular formula is C18H16Cl2O4. The van der Waals surface area contributed by atoms with E-state index in [9.17, 15) is 9.59 Å². The lowest BCUT2D eigenvalue weighted by atomic mass is 10.2. The molecule has 0 aliphatic heterocycles. The number of ether oxygens (including phenoxy) is 2. The van der Waals surface area contributed by atoms with Gasteiger partial charge in [0.05, 0.1) is 24.5 Å². The third-order valence-corrected chi connectivity index (χ3v) is 3.97. The van der Waals surface area contributed by atoms with Crippen LogP contribution in [0.2, 0.25) is 10.0 Å². The Balaban J connectivity index is 1.69. The Morgan fingerprint density at radius 2 is 1.58 bits per heavy atom. The average molecular weight is 367 g/mol. The Morgan fingerprint density at radius 3 is 2.33 bits per heavy atom. The molecule has 0 radical (unpaired) electrons. The second-order valence-corrected chi connectivity index (χ2v) is 5.77. The molecule has 0 aliphatic rings. The van der Waals surface area contributed by atoms with Crippen molar-refractivity contribution in [2.75, 3.05) is 6.61 Å².